The predicted octanol–water partition coefficient (Wildman–Crippen LogP) is 4.66. The number of oxime groups is 1. The molecule has 36 heavy (non-hydrogen) atoms. The molecule has 0 radical (unpaired) electrons. The van der Waals surface area contributed by atoms with Gasteiger partial charge < -0.3 is 14.5 Å². The SMILES string of the molecule is CS(=O)CC(=O)N1CC2(C1)OCc1cc(C3=NO[C@@](c4cc(Cl)c(F)c(Cl)c4)(C(F)(F)F)C3)ccc12. The molecular formula is C23H18Cl2F4N2O4S. The quantitative estimate of drug-likeness (QED) is 0.400. The maximum Gasteiger partial charge on any atom is 0.435 e. The first-order valence-electron chi connectivity index (χ1n) is 10.7. The van der Waals surface area contributed by atoms with Crippen LogP contribution in [0.3, 0.4) is 0 Å². The van der Waals surface area contributed by atoms with Crippen molar-refractivity contribution in [3.8, 4) is 0 Å². The zero-order valence-corrected chi connectivity index (χ0v) is 21.0. The number of ether oxygens (including phenoxy) is 1. The van der Waals surface area contributed by atoms with Crippen LogP contribution < -0.4 is 0 Å². The van der Waals surface area contributed by atoms with Crippen molar-refractivity contribution < 1.29 is 36.1 Å². The van der Waals surface area contributed by atoms with Gasteiger partial charge in [0.1, 0.15) is 11.4 Å². The topological polar surface area (TPSA) is 68.2 Å². The first kappa shape index (κ1) is 25.4. The van der Waals surface area contributed by atoms with E-state index in [0.29, 0.717) is 18.7 Å². The molecule has 0 bridgehead atoms. The van der Waals surface area contributed by atoms with Crippen LogP contribution in [0.4, 0.5) is 17.6 Å². The molecule has 2 aromatic carbocycles. The van der Waals surface area contributed by atoms with Crippen molar-refractivity contribution in [1.82, 2.24) is 4.90 Å². The first-order chi connectivity index (χ1) is 16.8. The molecule has 5 rings (SSSR count). The van der Waals surface area contributed by atoms with Crippen molar-refractivity contribution in [2.75, 3.05) is 25.1 Å². The minimum absolute atomic E-state index is 0.0449. The molecule has 6 nitrogen and oxygen atoms in total. The van der Waals surface area contributed by atoms with E-state index in [1.807, 2.05) is 0 Å². The lowest BCUT2D eigenvalue weighted by Gasteiger charge is -2.47. The van der Waals surface area contributed by atoms with Crippen LogP contribution in [0.15, 0.2) is 35.5 Å². The van der Waals surface area contributed by atoms with Crippen LogP contribution in [0.2, 0.25) is 10.0 Å². The third-order valence-electron chi connectivity index (χ3n) is 6.64. The summed E-state index contributed by atoms with van der Waals surface area (Å²) in [6, 6.07) is 6.74. The normalized spacial score (nSPS) is 23.2. The number of hydrogen-bond donors (Lipinski definition) is 0. The summed E-state index contributed by atoms with van der Waals surface area (Å²) >= 11 is 11.5. The van der Waals surface area contributed by atoms with Gasteiger partial charge in [0.25, 0.3) is 5.60 Å². The highest BCUT2D eigenvalue weighted by Gasteiger charge is 2.62. The summed E-state index contributed by atoms with van der Waals surface area (Å²) in [7, 11) is -1.25. The second-order valence-electron chi connectivity index (χ2n) is 9.01. The number of fused-ring (bicyclic) bond motifs is 2. The van der Waals surface area contributed by atoms with Gasteiger partial charge in [-0.1, -0.05) is 40.5 Å². The van der Waals surface area contributed by atoms with Crippen LogP contribution in [-0.2, 0) is 43.0 Å². The highest BCUT2D eigenvalue weighted by molar-refractivity contribution is 7.85. The average Bonchev–Trinajstić information content (AvgIpc) is 3.38. The second kappa shape index (κ2) is 8.68. The Morgan fingerprint density at radius 2 is 1.86 bits per heavy atom. The molecule has 0 saturated carbocycles. The smallest absolute Gasteiger partial charge is 0.374 e. The fourth-order valence-electron chi connectivity index (χ4n) is 4.75. The average molecular weight is 565 g/mol. The van der Waals surface area contributed by atoms with Crippen molar-refractivity contribution in [3.63, 3.8) is 0 Å². The molecule has 0 N–H and O–H groups in total. The number of likely N-dealkylation sites (tertiary alicyclic amines) is 1. The number of hydrogen-bond acceptors (Lipinski definition) is 5. The summed E-state index contributed by atoms with van der Waals surface area (Å²) in [6.45, 7) is 0.831. The lowest BCUT2D eigenvalue weighted by Crippen LogP contribution is -2.61. The van der Waals surface area contributed by atoms with Gasteiger partial charge >= 0.3 is 6.18 Å². The van der Waals surface area contributed by atoms with E-state index in [2.05, 4.69) is 5.16 Å². The molecule has 13 heteroatoms. The first-order valence-corrected chi connectivity index (χ1v) is 13.2. The zero-order chi connectivity index (χ0) is 26.0. The Labute approximate surface area is 215 Å². The lowest BCUT2D eigenvalue weighted by molar-refractivity contribution is -0.275. The predicted molar refractivity (Wildman–Crippen MR) is 125 cm³/mol. The van der Waals surface area contributed by atoms with Crippen LogP contribution in [0.25, 0.3) is 0 Å². The molecule has 192 valence electrons. The molecule has 3 aliphatic rings. The van der Waals surface area contributed by atoms with Crippen LogP contribution in [-0.4, -0.2) is 52.0 Å². The van der Waals surface area contributed by atoms with Gasteiger partial charge in [0.05, 0.1) is 35.5 Å². The Morgan fingerprint density at radius 3 is 2.47 bits per heavy atom. The maximum atomic E-state index is 14.3. The van der Waals surface area contributed by atoms with Crippen LogP contribution >= 0.6 is 23.2 Å². The number of rotatable bonds is 4. The number of benzene rings is 2. The Morgan fingerprint density at radius 1 is 1.19 bits per heavy atom. The molecule has 1 saturated heterocycles. The Balaban J connectivity index is 1.39. The van der Waals surface area contributed by atoms with Crippen LogP contribution in [0, 0.1) is 5.82 Å². The van der Waals surface area contributed by atoms with Gasteiger partial charge in [-0.15, -0.1) is 0 Å². The van der Waals surface area contributed by atoms with Crippen molar-refractivity contribution >= 4 is 45.6 Å². The van der Waals surface area contributed by atoms with Crippen molar-refractivity contribution in [3.05, 3.63) is 68.4 Å². The highest BCUT2D eigenvalue weighted by atomic mass is 35.5. The molecule has 0 aliphatic carbocycles. The van der Waals surface area contributed by atoms with E-state index in [9.17, 15) is 26.6 Å². The van der Waals surface area contributed by atoms with Gasteiger partial charge in [-0.25, -0.2) is 4.39 Å². The van der Waals surface area contributed by atoms with Gasteiger partial charge in [0.15, 0.2) is 5.82 Å². The Hall–Kier alpha value is -2.21. The number of nitrogens with zero attached hydrogens (tertiary/aromatic N) is 2. The van der Waals surface area contributed by atoms with Crippen molar-refractivity contribution in [2.24, 2.45) is 5.16 Å². The van der Waals surface area contributed by atoms with Gasteiger partial charge in [-0.3, -0.25) is 9.00 Å². The van der Waals surface area contributed by atoms with E-state index in [4.69, 9.17) is 32.8 Å². The monoisotopic (exact) mass is 564 g/mol. The molecule has 1 spiro atoms. The zero-order valence-electron chi connectivity index (χ0n) is 18.6. The van der Waals surface area contributed by atoms with E-state index in [0.717, 1.165) is 23.3 Å². The number of alkyl halides is 3. The molecule has 0 aromatic heterocycles. The van der Waals surface area contributed by atoms with E-state index in [1.54, 1.807) is 23.1 Å². The fraction of sp³-hybridized carbons (Fsp3) is 0.391. The Kier molecular flexibility index (Phi) is 6.13. The summed E-state index contributed by atoms with van der Waals surface area (Å²) in [4.78, 5) is 18.7. The number of halogens is 6. The van der Waals surface area contributed by atoms with Crippen LogP contribution in [0.5, 0.6) is 0 Å². The largest absolute Gasteiger partial charge is 0.435 e. The van der Waals surface area contributed by atoms with E-state index in [1.165, 1.54) is 6.26 Å². The van der Waals surface area contributed by atoms with Gasteiger partial charge in [-0.2, -0.15) is 13.2 Å². The van der Waals surface area contributed by atoms with E-state index < -0.39 is 56.0 Å². The summed E-state index contributed by atoms with van der Waals surface area (Å²) in [5.41, 5.74) is -1.97. The van der Waals surface area contributed by atoms with Crippen LogP contribution in [0.1, 0.15) is 28.7 Å². The Bertz CT molecular complexity index is 1310. The minimum atomic E-state index is -4.91. The summed E-state index contributed by atoms with van der Waals surface area (Å²) in [5.74, 6) is -1.31. The summed E-state index contributed by atoms with van der Waals surface area (Å²) in [6.07, 6.45) is -4.12. The van der Waals surface area contributed by atoms with E-state index in [-0.39, 0.29) is 24.0 Å². The molecule has 2 aromatic rings. The molecule has 3 aliphatic heterocycles. The molecule has 2 atom stereocenters. The summed E-state index contributed by atoms with van der Waals surface area (Å²) < 4.78 is 73.9. The molecule has 3 heterocycles. The molecular weight excluding hydrogens is 547 g/mol. The van der Waals surface area contributed by atoms with Gasteiger partial charge in [0.2, 0.25) is 5.91 Å². The molecule has 1 unspecified atom stereocenters. The third-order valence-corrected chi connectivity index (χ3v) is 7.84. The van der Waals surface area contributed by atoms with Crippen molar-refractivity contribution in [2.45, 2.75) is 30.4 Å². The number of carbonyl (C=O) groups is 1. The summed E-state index contributed by atoms with van der Waals surface area (Å²) in [5, 5.41) is 2.62. The maximum absolute atomic E-state index is 14.3. The molecule has 1 fully saturated rings. The minimum Gasteiger partial charge on any atom is -0.374 e. The highest BCUT2D eigenvalue weighted by Crippen LogP contribution is 2.50. The van der Waals surface area contributed by atoms with Gasteiger partial charge in [-0.05, 0) is 34.9 Å². The third kappa shape index (κ3) is 4.00. The second-order valence-corrected chi connectivity index (χ2v) is 11.3. The number of amides is 1. The molecule has 1 amide bonds. The number of carbonyl (C=O) groups excluding carboxylic acids is 1. The van der Waals surface area contributed by atoms with Crippen molar-refractivity contribution in [1.29, 1.82) is 0 Å². The van der Waals surface area contributed by atoms with Gasteiger partial charge in [0, 0.05) is 29.0 Å². The lowest BCUT2D eigenvalue weighted by atomic mass is 9.83. The fourth-order valence-corrected chi connectivity index (χ4v) is 5.77. The van der Waals surface area contributed by atoms with E-state index >= 15 is 0 Å². The standard InChI is InChI=1S/C23H18Cl2F4N2O4S/c1-36(33)9-19(32)31-10-21(11-31)15-3-2-12(4-13(15)8-34-21)18-7-22(35-30-18,23(27,28)29)14-5-16(24)20(26)17(25)6-14/h2-6H,7-11H2,1H3/t22-,36?/m0/s1.